The number of likely N-dealkylation sites (N-methyl/N-ethyl adjacent to an activating group) is 1. The summed E-state index contributed by atoms with van der Waals surface area (Å²) in [5, 5.41) is 9.12. The van der Waals surface area contributed by atoms with Crippen molar-refractivity contribution in [2.75, 3.05) is 11.9 Å². The quantitative estimate of drug-likeness (QED) is 0.849. The molecular formula is C13H19NO2. The van der Waals surface area contributed by atoms with E-state index >= 15 is 0 Å². The van der Waals surface area contributed by atoms with E-state index in [0.29, 0.717) is 6.42 Å². The van der Waals surface area contributed by atoms with Crippen molar-refractivity contribution >= 4 is 11.7 Å². The van der Waals surface area contributed by atoms with Crippen molar-refractivity contribution in [3.05, 3.63) is 29.3 Å². The summed E-state index contributed by atoms with van der Waals surface area (Å²) in [6, 6.07) is 5.63. The highest BCUT2D eigenvalue weighted by Gasteiger charge is 2.21. The van der Waals surface area contributed by atoms with Gasteiger partial charge in [0.15, 0.2) is 0 Å². The van der Waals surface area contributed by atoms with Crippen LogP contribution >= 0.6 is 0 Å². The monoisotopic (exact) mass is 221 g/mol. The zero-order valence-corrected chi connectivity index (χ0v) is 10.3. The molecule has 0 amide bonds. The van der Waals surface area contributed by atoms with Crippen molar-refractivity contribution in [2.45, 2.75) is 33.2 Å². The lowest BCUT2D eigenvalue weighted by molar-refractivity contribution is -0.138. The van der Waals surface area contributed by atoms with Crippen molar-refractivity contribution in [1.29, 1.82) is 0 Å². The molecule has 1 aromatic carbocycles. The second kappa shape index (κ2) is 5.01. The fraction of sp³-hybridized carbons (Fsp3) is 0.462. The third-order valence-corrected chi connectivity index (χ3v) is 2.88. The van der Waals surface area contributed by atoms with E-state index in [-0.39, 0.29) is 0 Å². The van der Waals surface area contributed by atoms with Gasteiger partial charge in [0.2, 0.25) is 0 Å². The van der Waals surface area contributed by atoms with E-state index in [1.807, 2.05) is 50.9 Å². The van der Waals surface area contributed by atoms with E-state index in [1.165, 1.54) is 0 Å². The van der Waals surface area contributed by atoms with Gasteiger partial charge in [0.25, 0.3) is 0 Å². The molecule has 16 heavy (non-hydrogen) atoms. The Bertz CT molecular complexity index is 388. The highest BCUT2D eigenvalue weighted by Crippen LogP contribution is 2.23. The van der Waals surface area contributed by atoms with Crippen LogP contribution in [0, 0.1) is 13.8 Å². The van der Waals surface area contributed by atoms with Crippen LogP contribution in [0.1, 0.15) is 24.5 Å². The molecule has 1 aromatic rings. The molecule has 1 rings (SSSR count). The summed E-state index contributed by atoms with van der Waals surface area (Å²) in [7, 11) is 1.84. The lowest BCUT2D eigenvalue weighted by Crippen LogP contribution is -2.38. The predicted molar refractivity (Wildman–Crippen MR) is 66.0 cm³/mol. The Labute approximate surface area is 96.7 Å². The first-order chi connectivity index (χ1) is 7.47. The van der Waals surface area contributed by atoms with Crippen LogP contribution in [-0.4, -0.2) is 24.2 Å². The Hall–Kier alpha value is -1.51. The second-order valence-electron chi connectivity index (χ2n) is 4.16. The number of aryl methyl sites for hydroxylation is 2. The Morgan fingerprint density at radius 2 is 2.06 bits per heavy atom. The molecule has 0 aliphatic heterocycles. The standard InChI is InChI=1S/C13H19NO2/c1-5-11(13(15)16)14(4)12-8-9(2)6-7-10(12)3/h6-8,11H,5H2,1-4H3,(H,15,16)/t11-/m1/s1. The summed E-state index contributed by atoms with van der Waals surface area (Å²) in [6.07, 6.45) is 0.596. The molecule has 1 N–H and O–H groups in total. The van der Waals surface area contributed by atoms with Crippen LogP contribution in [0.3, 0.4) is 0 Å². The van der Waals surface area contributed by atoms with Crippen LogP contribution in [0.2, 0.25) is 0 Å². The first-order valence-corrected chi connectivity index (χ1v) is 5.50. The van der Waals surface area contributed by atoms with Crippen LogP contribution in [0.5, 0.6) is 0 Å². The van der Waals surface area contributed by atoms with Gasteiger partial charge in [0.05, 0.1) is 0 Å². The smallest absolute Gasteiger partial charge is 0.326 e. The van der Waals surface area contributed by atoms with Crippen LogP contribution in [0.4, 0.5) is 5.69 Å². The second-order valence-corrected chi connectivity index (χ2v) is 4.16. The van der Waals surface area contributed by atoms with Crippen LogP contribution in [0.15, 0.2) is 18.2 Å². The predicted octanol–water partition coefficient (Wildman–Crippen LogP) is 2.60. The molecule has 3 heteroatoms. The van der Waals surface area contributed by atoms with Gasteiger partial charge in [-0.1, -0.05) is 19.1 Å². The van der Waals surface area contributed by atoms with E-state index in [1.54, 1.807) is 0 Å². The zero-order valence-electron chi connectivity index (χ0n) is 10.3. The van der Waals surface area contributed by atoms with Crippen molar-refractivity contribution in [1.82, 2.24) is 0 Å². The topological polar surface area (TPSA) is 40.5 Å². The SMILES string of the molecule is CC[C@H](C(=O)O)N(C)c1cc(C)ccc1C. The van der Waals surface area contributed by atoms with Gasteiger partial charge in [-0.2, -0.15) is 0 Å². The molecule has 3 nitrogen and oxygen atoms in total. The van der Waals surface area contributed by atoms with Gasteiger partial charge < -0.3 is 10.0 Å². The summed E-state index contributed by atoms with van der Waals surface area (Å²) in [5.41, 5.74) is 3.25. The number of nitrogens with zero attached hydrogens (tertiary/aromatic N) is 1. The van der Waals surface area contributed by atoms with Gasteiger partial charge in [0.1, 0.15) is 6.04 Å². The number of hydrogen-bond donors (Lipinski definition) is 1. The van der Waals surface area contributed by atoms with E-state index in [0.717, 1.165) is 16.8 Å². The van der Waals surface area contributed by atoms with Crippen molar-refractivity contribution in [3.8, 4) is 0 Å². The molecule has 0 unspecified atom stereocenters. The molecule has 0 aliphatic carbocycles. The van der Waals surface area contributed by atoms with Crippen LogP contribution in [-0.2, 0) is 4.79 Å². The zero-order chi connectivity index (χ0) is 12.3. The molecule has 0 saturated heterocycles. The Balaban J connectivity index is 3.07. The van der Waals surface area contributed by atoms with Gasteiger partial charge in [-0.25, -0.2) is 4.79 Å². The molecule has 1 atom stereocenters. The maximum Gasteiger partial charge on any atom is 0.326 e. The first-order valence-electron chi connectivity index (χ1n) is 5.50. The molecule has 0 fully saturated rings. The largest absolute Gasteiger partial charge is 0.480 e. The highest BCUT2D eigenvalue weighted by atomic mass is 16.4. The maximum atomic E-state index is 11.1. The maximum absolute atomic E-state index is 11.1. The number of carbonyl (C=O) groups is 1. The van der Waals surface area contributed by atoms with Gasteiger partial charge in [-0.05, 0) is 37.5 Å². The summed E-state index contributed by atoms with van der Waals surface area (Å²) < 4.78 is 0. The summed E-state index contributed by atoms with van der Waals surface area (Å²) in [5.74, 6) is -0.772. The molecule has 0 radical (unpaired) electrons. The molecule has 0 saturated carbocycles. The third-order valence-electron chi connectivity index (χ3n) is 2.88. The summed E-state index contributed by atoms with van der Waals surface area (Å²) in [6.45, 7) is 5.90. The van der Waals surface area contributed by atoms with Gasteiger partial charge in [0, 0.05) is 12.7 Å². The average Bonchev–Trinajstić information content (AvgIpc) is 2.22. The van der Waals surface area contributed by atoms with Crippen LogP contribution < -0.4 is 4.90 Å². The number of aliphatic carboxylic acids is 1. The molecule has 88 valence electrons. The van der Waals surface area contributed by atoms with Crippen molar-refractivity contribution in [3.63, 3.8) is 0 Å². The lowest BCUT2D eigenvalue weighted by atomic mass is 10.1. The number of hydrogen-bond acceptors (Lipinski definition) is 2. The van der Waals surface area contributed by atoms with Gasteiger partial charge in [-0.15, -0.1) is 0 Å². The molecule has 0 spiro atoms. The van der Waals surface area contributed by atoms with Gasteiger partial charge in [-0.3, -0.25) is 0 Å². The van der Waals surface area contributed by atoms with E-state index < -0.39 is 12.0 Å². The first kappa shape index (κ1) is 12.6. The number of rotatable bonds is 4. The average molecular weight is 221 g/mol. The van der Waals surface area contributed by atoms with E-state index in [9.17, 15) is 4.79 Å². The normalized spacial score (nSPS) is 12.2. The van der Waals surface area contributed by atoms with Crippen LogP contribution in [0.25, 0.3) is 0 Å². The summed E-state index contributed by atoms with van der Waals surface area (Å²) >= 11 is 0. The lowest BCUT2D eigenvalue weighted by Gasteiger charge is -2.27. The molecule has 0 aliphatic rings. The summed E-state index contributed by atoms with van der Waals surface area (Å²) in [4.78, 5) is 12.9. The fourth-order valence-electron chi connectivity index (χ4n) is 1.88. The minimum atomic E-state index is -0.772. The number of benzene rings is 1. The number of carboxylic acid groups (broad SMARTS) is 1. The minimum Gasteiger partial charge on any atom is -0.480 e. The Morgan fingerprint density at radius 3 is 2.56 bits per heavy atom. The minimum absolute atomic E-state index is 0.458. The van der Waals surface area contributed by atoms with E-state index in [4.69, 9.17) is 5.11 Å². The number of anilines is 1. The highest BCUT2D eigenvalue weighted by molar-refractivity contribution is 5.78. The van der Waals surface area contributed by atoms with Crippen molar-refractivity contribution < 1.29 is 9.90 Å². The Morgan fingerprint density at radius 1 is 1.44 bits per heavy atom. The van der Waals surface area contributed by atoms with Gasteiger partial charge >= 0.3 is 5.97 Å². The third kappa shape index (κ3) is 2.54. The molecule has 0 heterocycles. The molecular weight excluding hydrogens is 202 g/mol. The fourth-order valence-corrected chi connectivity index (χ4v) is 1.88. The van der Waals surface area contributed by atoms with Crippen molar-refractivity contribution in [2.24, 2.45) is 0 Å². The Kier molecular flexibility index (Phi) is 3.93. The van der Waals surface area contributed by atoms with E-state index in [2.05, 4.69) is 0 Å². The molecule has 0 bridgehead atoms. The molecule has 0 aromatic heterocycles. The number of carboxylic acids is 1.